The first-order chi connectivity index (χ1) is 7.25. The van der Waals surface area contributed by atoms with Crippen molar-refractivity contribution >= 4 is 27.3 Å². The van der Waals surface area contributed by atoms with Crippen LogP contribution in [-0.4, -0.2) is 21.7 Å². The number of halogens is 1. The Morgan fingerprint density at radius 2 is 1.88 bits per heavy atom. The molecule has 0 aromatic heterocycles. The van der Waals surface area contributed by atoms with Gasteiger partial charge in [-0.05, 0) is 17.5 Å². The van der Waals surface area contributed by atoms with Crippen molar-refractivity contribution < 1.29 is 8.42 Å². The van der Waals surface area contributed by atoms with E-state index in [-0.39, 0.29) is 5.92 Å². The topological polar surface area (TPSA) is 37.4 Å². The number of para-hydroxylation sites is 1. The van der Waals surface area contributed by atoms with Crippen LogP contribution in [0.2, 0.25) is 5.02 Å². The molecule has 0 unspecified atom stereocenters. The largest absolute Gasteiger partial charge is 0.272 e. The van der Waals surface area contributed by atoms with Crippen LogP contribution in [0.15, 0.2) is 18.2 Å². The van der Waals surface area contributed by atoms with Crippen LogP contribution in [-0.2, 0) is 10.0 Å². The van der Waals surface area contributed by atoms with Crippen LogP contribution in [0.1, 0.15) is 25.3 Å². The number of benzene rings is 1. The highest BCUT2D eigenvalue weighted by Crippen LogP contribution is 2.34. The van der Waals surface area contributed by atoms with Gasteiger partial charge >= 0.3 is 0 Å². The Labute approximate surface area is 102 Å². The van der Waals surface area contributed by atoms with E-state index >= 15 is 0 Å². The molecular weight excluding hydrogens is 246 g/mol. The van der Waals surface area contributed by atoms with Crippen molar-refractivity contribution in [2.24, 2.45) is 0 Å². The molecule has 16 heavy (non-hydrogen) atoms. The van der Waals surface area contributed by atoms with Gasteiger partial charge in [-0.15, -0.1) is 0 Å². The molecule has 1 aromatic carbocycles. The lowest BCUT2D eigenvalue weighted by molar-refractivity contribution is 0.600. The van der Waals surface area contributed by atoms with Gasteiger partial charge in [-0.2, -0.15) is 0 Å². The molecule has 0 aliphatic carbocycles. The maximum Gasteiger partial charge on any atom is 0.232 e. The molecule has 0 atom stereocenters. The van der Waals surface area contributed by atoms with Crippen LogP contribution in [0.4, 0.5) is 5.69 Å². The van der Waals surface area contributed by atoms with E-state index in [1.807, 2.05) is 26.0 Å². The quantitative estimate of drug-likeness (QED) is 0.839. The Kier molecular flexibility index (Phi) is 3.86. The Balaban J connectivity index is 3.42. The van der Waals surface area contributed by atoms with Gasteiger partial charge in [0.2, 0.25) is 10.0 Å². The molecule has 1 aromatic rings. The summed E-state index contributed by atoms with van der Waals surface area (Å²) in [6, 6.07) is 5.43. The van der Waals surface area contributed by atoms with Crippen molar-refractivity contribution in [2.75, 3.05) is 17.6 Å². The first-order valence-corrected chi connectivity index (χ1v) is 7.20. The molecule has 1 rings (SSSR count). The summed E-state index contributed by atoms with van der Waals surface area (Å²) in [6.07, 6.45) is 1.17. The SMILES string of the molecule is CC(C)c1cccc(Cl)c1N(C)S(C)(=O)=O. The van der Waals surface area contributed by atoms with Crippen molar-refractivity contribution in [3.63, 3.8) is 0 Å². The highest BCUT2D eigenvalue weighted by atomic mass is 35.5. The maximum absolute atomic E-state index is 11.5. The first kappa shape index (κ1) is 13.3. The van der Waals surface area contributed by atoms with E-state index in [0.717, 1.165) is 5.56 Å². The van der Waals surface area contributed by atoms with Gasteiger partial charge < -0.3 is 0 Å². The fraction of sp³-hybridized carbons (Fsp3) is 0.455. The molecule has 0 spiro atoms. The van der Waals surface area contributed by atoms with Gasteiger partial charge in [-0.25, -0.2) is 8.42 Å². The number of anilines is 1. The third kappa shape index (κ3) is 2.68. The highest BCUT2D eigenvalue weighted by molar-refractivity contribution is 7.92. The molecule has 0 aliphatic heterocycles. The number of rotatable bonds is 3. The molecule has 0 amide bonds. The molecule has 0 saturated heterocycles. The molecule has 0 fully saturated rings. The third-order valence-corrected chi connectivity index (χ3v) is 3.93. The summed E-state index contributed by atoms with van der Waals surface area (Å²) >= 11 is 6.07. The van der Waals surface area contributed by atoms with Gasteiger partial charge in [0.05, 0.1) is 17.0 Å². The molecule has 0 saturated carbocycles. The van der Waals surface area contributed by atoms with Crippen molar-refractivity contribution in [3.8, 4) is 0 Å². The van der Waals surface area contributed by atoms with Crippen LogP contribution in [0.3, 0.4) is 0 Å². The summed E-state index contributed by atoms with van der Waals surface area (Å²) in [4.78, 5) is 0. The van der Waals surface area contributed by atoms with E-state index in [2.05, 4.69) is 0 Å². The molecule has 0 aliphatic rings. The zero-order chi connectivity index (χ0) is 12.5. The smallest absolute Gasteiger partial charge is 0.232 e. The van der Waals surface area contributed by atoms with Crippen molar-refractivity contribution in [1.29, 1.82) is 0 Å². The van der Waals surface area contributed by atoms with Crippen LogP contribution in [0.25, 0.3) is 0 Å². The number of hydrogen-bond donors (Lipinski definition) is 0. The Morgan fingerprint density at radius 3 is 2.31 bits per heavy atom. The predicted octanol–water partition coefficient (Wildman–Crippen LogP) is 2.86. The highest BCUT2D eigenvalue weighted by Gasteiger charge is 2.19. The van der Waals surface area contributed by atoms with E-state index in [1.54, 1.807) is 6.07 Å². The molecule has 90 valence electrons. The number of nitrogens with zero attached hydrogens (tertiary/aromatic N) is 1. The summed E-state index contributed by atoms with van der Waals surface area (Å²) < 4.78 is 24.3. The van der Waals surface area contributed by atoms with Crippen LogP contribution in [0, 0.1) is 0 Å². The average Bonchev–Trinajstić information content (AvgIpc) is 2.14. The summed E-state index contributed by atoms with van der Waals surface area (Å²) in [6.45, 7) is 4.01. The molecule has 0 radical (unpaired) electrons. The van der Waals surface area contributed by atoms with Crippen molar-refractivity contribution in [1.82, 2.24) is 0 Å². The summed E-state index contributed by atoms with van der Waals surface area (Å²) in [5.41, 5.74) is 1.50. The fourth-order valence-electron chi connectivity index (χ4n) is 1.50. The second kappa shape index (κ2) is 4.63. The number of sulfonamides is 1. The minimum atomic E-state index is -3.29. The summed E-state index contributed by atoms with van der Waals surface area (Å²) in [5, 5.41) is 0.458. The van der Waals surface area contributed by atoms with E-state index < -0.39 is 10.0 Å². The molecule has 0 bridgehead atoms. The average molecular weight is 262 g/mol. The summed E-state index contributed by atoms with van der Waals surface area (Å²) in [5.74, 6) is 0.220. The van der Waals surface area contributed by atoms with Gasteiger partial charge in [0, 0.05) is 7.05 Å². The third-order valence-electron chi connectivity index (χ3n) is 2.45. The lowest BCUT2D eigenvalue weighted by Gasteiger charge is -2.23. The minimum absolute atomic E-state index is 0.220. The van der Waals surface area contributed by atoms with Gasteiger partial charge in [0.15, 0.2) is 0 Å². The summed E-state index contributed by atoms with van der Waals surface area (Å²) in [7, 11) is -1.77. The second-order valence-corrected chi connectivity index (χ2v) is 6.48. The second-order valence-electron chi connectivity index (χ2n) is 4.06. The van der Waals surface area contributed by atoms with Gasteiger partial charge in [0.1, 0.15) is 0 Å². The standard InChI is InChI=1S/C11H16ClNO2S/c1-8(2)9-6-5-7-10(12)11(9)13(3)16(4,14)15/h5-8H,1-4H3. The zero-order valence-corrected chi connectivity index (χ0v) is 11.4. The van der Waals surface area contributed by atoms with Crippen LogP contribution in [0.5, 0.6) is 0 Å². The van der Waals surface area contributed by atoms with E-state index in [1.165, 1.54) is 17.6 Å². The van der Waals surface area contributed by atoms with Crippen LogP contribution < -0.4 is 4.31 Å². The van der Waals surface area contributed by atoms with Gasteiger partial charge in [0.25, 0.3) is 0 Å². The predicted molar refractivity (Wildman–Crippen MR) is 68.8 cm³/mol. The lowest BCUT2D eigenvalue weighted by Crippen LogP contribution is -2.26. The molecule has 0 heterocycles. The number of hydrogen-bond acceptors (Lipinski definition) is 2. The normalized spacial score (nSPS) is 11.9. The fourth-order valence-corrected chi connectivity index (χ4v) is 2.39. The lowest BCUT2D eigenvalue weighted by atomic mass is 10.0. The Morgan fingerprint density at radius 1 is 1.31 bits per heavy atom. The monoisotopic (exact) mass is 261 g/mol. The molecule has 0 N–H and O–H groups in total. The molecule has 3 nitrogen and oxygen atoms in total. The molecule has 5 heteroatoms. The minimum Gasteiger partial charge on any atom is -0.272 e. The Bertz CT molecular complexity index is 483. The van der Waals surface area contributed by atoms with E-state index in [9.17, 15) is 8.42 Å². The zero-order valence-electron chi connectivity index (χ0n) is 9.86. The van der Waals surface area contributed by atoms with Crippen molar-refractivity contribution in [2.45, 2.75) is 19.8 Å². The maximum atomic E-state index is 11.5. The van der Waals surface area contributed by atoms with Crippen LogP contribution >= 0.6 is 11.6 Å². The molecular formula is C11H16ClNO2S. The van der Waals surface area contributed by atoms with Gasteiger partial charge in [-0.3, -0.25) is 4.31 Å². The van der Waals surface area contributed by atoms with Gasteiger partial charge in [-0.1, -0.05) is 37.6 Å². The van der Waals surface area contributed by atoms with Crippen molar-refractivity contribution in [3.05, 3.63) is 28.8 Å². The van der Waals surface area contributed by atoms with E-state index in [4.69, 9.17) is 11.6 Å². The first-order valence-electron chi connectivity index (χ1n) is 4.97. The van der Waals surface area contributed by atoms with E-state index in [0.29, 0.717) is 10.7 Å². The Hall–Kier alpha value is -0.740.